The number of amides is 1. The van der Waals surface area contributed by atoms with E-state index in [1.54, 1.807) is 24.3 Å². The maximum atomic E-state index is 14.3. The molecule has 3 aromatic rings. The minimum atomic E-state index is -1.57. The van der Waals surface area contributed by atoms with E-state index < -0.39 is 16.9 Å². The Hall–Kier alpha value is -3.57. The zero-order chi connectivity index (χ0) is 22.3. The van der Waals surface area contributed by atoms with E-state index in [-0.39, 0.29) is 17.5 Å². The van der Waals surface area contributed by atoms with Gasteiger partial charge < -0.3 is 5.32 Å². The molecular formula is C27H22N2O3. The summed E-state index contributed by atoms with van der Waals surface area (Å²) in [5.41, 5.74) is 1.17. The average molecular weight is 422 g/mol. The van der Waals surface area contributed by atoms with E-state index in [0.29, 0.717) is 28.9 Å². The highest BCUT2D eigenvalue weighted by atomic mass is 16.2. The van der Waals surface area contributed by atoms with Crippen molar-refractivity contribution in [2.75, 3.05) is 18.9 Å². The second-order valence-corrected chi connectivity index (χ2v) is 9.07. The zero-order valence-corrected chi connectivity index (χ0v) is 17.9. The molecule has 1 unspecified atom stereocenters. The molecule has 32 heavy (non-hydrogen) atoms. The van der Waals surface area contributed by atoms with Gasteiger partial charge in [-0.15, -0.1) is 0 Å². The lowest BCUT2D eigenvalue weighted by atomic mass is 9.58. The van der Waals surface area contributed by atoms with E-state index in [1.165, 1.54) is 0 Å². The number of carbonyl (C=O) groups is 3. The monoisotopic (exact) mass is 422 g/mol. The summed E-state index contributed by atoms with van der Waals surface area (Å²) < 4.78 is 0. The minimum absolute atomic E-state index is 0.264. The predicted molar refractivity (Wildman–Crippen MR) is 121 cm³/mol. The number of nitrogens with zero attached hydrogens (tertiary/aromatic N) is 1. The number of ketones is 2. The van der Waals surface area contributed by atoms with E-state index in [0.717, 1.165) is 11.1 Å². The predicted octanol–water partition coefficient (Wildman–Crippen LogP) is 3.94. The van der Waals surface area contributed by atoms with Gasteiger partial charge in [0.1, 0.15) is 11.0 Å². The van der Waals surface area contributed by atoms with Gasteiger partial charge in [0.25, 0.3) is 5.91 Å². The quantitative estimate of drug-likeness (QED) is 0.604. The number of Topliss-reactive ketones (excluding diaryl/α,β-unsaturated/α-hetero) is 2. The third-order valence-corrected chi connectivity index (χ3v) is 7.63. The topological polar surface area (TPSA) is 66.5 Å². The first kappa shape index (κ1) is 19.1. The number of hydrogen-bond acceptors (Lipinski definition) is 4. The lowest BCUT2D eigenvalue weighted by Gasteiger charge is -2.42. The van der Waals surface area contributed by atoms with Crippen LogP contribution in [0.3, 0.4) is 0 Å². The minimum Gasteiger partial charge on any atom is -0.324 e. The molecule has 5 nitrogen and oxygen atoms in total. The fraction of sp³-hybridized carbons (Fsp3) is 0.222. The smallest absolute Gasteiger partial charge is 0.251 e. The number of rotatable bonds is 1. The Labute approximate surface area is 186 Å². The first-order chi connectivity index (χ1) is 15.4. The highest BCUT2D eigenvalue weighted by Gasteiger charge is 2.78. The molecule has 3 aromatic carbocycles. The molecule has 1 amide bonds. The number of hydrogen-bond donors (Lipinski definition) is 1. The SMILES string of the molecule is Cc1ccc([C@@H]2CN(C)C3(C(=O)Nc4ccccc43)C23C(=O)c2ccccc2C3=O)cc1. The number of aryl methyl sites for hydroxylation is 1. The molecule has 1 fully saturated rings. The molecule has 2 spiro atoms. The molecule has 5 heteroatoms. The molecule has 6 rings (SSSR count). The van der Waals surface area contributed by atoms with Crippen molar-refractivity contribution in [2.24, 2.45) is 5.41 Å². The lowest BCUT2D eigenvalue weighted by Crippen LogP contribution is -2.60. The van der Waals surface area contributed by atoms with Gasteiger partial charge in [0.2, 0.25) is 0 Å². The second-order valence-electron chi connectivity index (χ2n) is 9.07. The first-order valence-corrected chi connectivity index (χ1v) is 10.8. The lowest BCUT2D eigenvalue weighted by molar-refractivity contribution is -0.128. The summed E-state index contributed by atoms with van der Waals surface area (Å²) >= 11 is 0. The Morgan fingerprint density at radius 2 is 1.44 bits per heavy atom. The fourth-order valence-electron chi connectivity index (χ4n) is 6.32. The molecule has 0 radical (unpaired) electrons. The molecule has 1 N–H and O–H groups in total. The third kappa shape index (κ3) is 1.96. The summed E-state index contributed by atoms with van der Waals surface area (Å²) in [6.07, 6.45) is 0. The number of fused-ring (bicyclic) bond motifs is 4. The summed E-state index contributed by atoms with van der Waals surface area (Å²) in [5.74, 6) is -1.30. The number of carbonyl (C=O) groups excluding carboxylic acids is 3. The van der Waals surface area contributed by atoms with Crippen LogP contribution in [-0.2, 0) is 10.3 Å². The maximum Gasteiger partial charge on any atom is 0.251 e. The number of benzene rings is 3. The first-order valence-electron chi connectivity index (χ1n) is 10.8. The summed E-state index contributed by atoms with van der Waals surface area (Å²) in [7, 11) is 1.85. The van der Waals surface area contributed by atoms with Crippen LogP contribution in [0.4, 0.5) is 5.69 Å². The van der Waals surface area contributed by atoms with Crippen LogP contribution in [0.1, 0.15) is 43.3 Å². The van der Waals surface area contributed by atoms with E-state index in [9.17, 15) is 14.4 Å². The van der Waals surface area contributed by atoms with Crippen molar-refractivity contribution in [3.05, 3.63) is 101 Å². The van der Waals surface area contributed by atoms with Crippen molar-refractivity contribution in [1.82, 2.24) is 4.90 Å². The van der Waals surface area contributed by atoms with Gasteiger partial charge >= 0.3 is 0 Å². The van der Waals surface area contributed by atoms with Crippen molar-refractivity contribution >= 4 is 23.2 Å². The Morgan fingerprint density at radius 3 is 2.09 bits per heavy atom. The number of para-hydroxylation sites is 1. The molecule has 1 aliphatic carbocycles. The molecular weight excluding hydrogens is 400 g/mol. The Kier molecular flexibility index (Phi) is 3.73. The largest absolute Gasteiger partial charge is 0.324 e. The summed E-state index contributed by atoms with van der Waals surface area (Å²) in [6.45, 7) is 2.42. The van der Waals surface area contributed by atoms with Gasteiger partial charge in [-0.3, -0.25) is 19.3 Å². The van der Waals surface area contributed by atoms with Gasteiger partial charge in [-0.05, 0) is 25.6 Å². The third-order valence-electron chi connectivity index (χ3n) is 7.63. The molecule has 158 valence electrons. The normalized spacial score (nSPS) is 25.4. The number of likely N-dealkylation sites (N-methyl/N-ethyl adjacent to an activating group) is 1. The summed E-state index contributed by atoms with van der Waals surface area (Å²) in [6, 6.07) is 22.3. The van der Waals surface area contributed by atoms with Gasteiger partial charge in [-0.25, -0.2) is 0 Å². The van der Waals surface area contributed by atoms with Crippen LogP contribution in [0.25, 0.3) is 0 Å². The summed E-state index contributed by atoms with van der Waals surface area (Å²) in [5, 5.41) is 2.98. The number of nitrogens with one attached hydrogen (secondary N) is 1. The average Bonchev–Trinajstić information content (AvgIpc) is 3.34. The fourth-order valence-corrected chi connectivity index (χ4v) is 6.32. The van der Waals surface area contributed by atoms with E-state index >= 15 is 0 Å². The standard InChI is InChI=1S/C27H22N2O3/c1-16-11-13-17(14-12-16)21-15-29(2)27(20-9-5-6-10-22(20)28-25(27)32)26(21)23(30)18-7-3-4-8-19(18)24(26)31/h3-14,21H,15H2,1-2H3,(H,28,32)/t21-,27?/m0/s1. The van der Waals surface area contributed by atoms with Gasteiger partial charge in [0.15, 0.2) is 11.6 Å². The van der Waals surface area contributed by atoms with Crippen molar-refractivity contribution < 1.29 is 14.4 Å². The van der Waals surface area contributed by atoms with Crippen LogP contribution in [-0.4, -0.2) is 36.0 Å². The molecule has 2 atom stereocenters. The van der Waals surface area contributed by atoms with Crippen LogP contribution in [0.15, 0.2) is 72.8 Å². The molecule has 2 heterocycles. The molecule has 0 saturated carbocycles. The van der Waals surface area contributed by atoms with E-state index in [4.69, 9.17) is 0 Å². The van der Waals surface area contributed by atoms with Gasteiger partial charge in [0, 0.05) is 34.8 Å². The van der Waals surface area contributed by atoms with Crippen LogP contribution in [0.2, 0.25) is 0 Å². The van der Waals surface area contributed by atoms with E-state index in [2.05, 4.69) is 5.32 Å². The Morgan fingerprint density at radius 1 is 0.844 bits per heavy atom. The van der Waals surface area contributed by atoms with Crippen LogP contribution in [0.5, 0.6) is 0 Å². The highest BCUT2D eigenvalue weighted by molar-refractivity contribution is 6.34. The molecule has 2 aliphatic heterocycles. The van der Waals surface area contributed by atoms with Crippen molar-refractivity contribution in [3.8, 4) is 0 Å². The summed E-state index contributed by atoms with van der Waals surface area (Å²) in [4.78, 5) is 44.4. The van der Waals surface area contributed by atoms with Gasteiger partial charge in [-0.2, -0.15) is 0 Å². The Bertz CT molecular complexity index is 1290. The van der Waals surface area contributed by atoms with Gasteiger partial charge in [0.05, 0.1) is 0 Å². The zero-order valence-electron chi connectivity index (χ0n) is 17.9. The molecule has 1 saturated heterocycles. The van der Waals surface area contributed by atoms with Crippen molar-refractivity contribution in [3.63, 3.8) is 0 Å². The van der Waals surface area contributed by atoms with Crippen LogP contribution < -0.4 is 5.32 Å². The van der Waals surface area contributed by atoms with Crippen molar-refractivity contribution in [2.45, 2.75) is 18.4 Å². The number of likely N-dealkylation sites (tertiary alicyclic amines) is 1. The van der Waals surface area contributed by atoms with Crippen LogP contribution >= 0.6 is 0 Å². The second kappa shape index (κ2) is 6.24. The molecule has 0 bridgehead atoms. The maximum absolute atomic E-state index is 14.3. The Balaban J connectivity index is 1.72. The highest BCUT2D eigenvalue weighted by Crippen LogP contribution is 2.66. The number of anilines is 1. The molecule has 0 aromatic heterocycles. The van der Waals surface area contributed by atoms with Crippen molar-refractivity contribution in [1.29, 1.82) is 0 Å². The molecule has 3 aliphatic rings. The van der Waals surface area contributed by atoms with E-state index in [1.807, 2.05) is 67.4 Å². The van der Waals surface area contributed by atoms with Crippen LogP contribution in [0, 0.1) is 12.3 Å². The van der Waals surface area contributed by atoms with Gasteiger partial charge in [-0.1, -0.05) is 72.3 Å².